The number of hydrogen-bond acceptors (Lipinski definition) is 7. The molecule has 1 spiro atoms. The van der Waals surface area contributed by atoms with Crippen molar-refractivity contribution < 1.29 is 44.8 Å². The summed E-state index contributed by atoms with van der Waals surface area (Å²) in [5.41, 5.74) is -4.44. The lowest BCUT2D eigenvalue weighted by molar-refractivity contribution is -0.197. The van der Waals surface area contributed by atoms with Gasteiger partial charge in [0.05, 0.1) is 18.6 Å². The minimum absolute atomic E-state index is 0.0955. The van der Waals surface area contributed by atoms with Gasteiger partial charge in [-0.05, 0) is 18.4 Å². The molecule has 0 N–H and O–H groups in total. The van der Waals surface area contributed by atoms with Gasteiger partial charge in [0.15, 0.2) is 5.79 Å². The van der Waals surface area contributed by atoms with Crippen molar-refractivity contribution in [3.63, 3.8) is 0 Å². The molecule has 1 aliphatic heterocycles. The SMILES string of the molecule is O=C(OCOS(=O)(=O)C(F)(F)F)C1CCC2(CC1)OCC(Cc1ccccc1)O2. The number of halogens is 3. The highest BCUT2D eigenvalue weighted by molar-refractivity contribution is 7.87. The molecule has 2 aliphatic rings. The van der Waals surface area contributed by atoms with Gasteiger partial charge in [0.2, 0.25) is 6.79 Å². The molecule has 29 heavy (non-hydrogen) atoms. The van der Waals surface area contributed by atoms with E-state index in [0.717, 1.165) is 5.56 Å². The third-order valence-electron chi connectivity index (χ3n) is 4.99. The Morgan fingerprint density at radius 2 is 1.83 bits per heavy atom. The van der Waals surface area contributed by atoms with Crippen LogP contribution < -0.4 is 0 Å². The Morgan fingerprint density at radius 3 is 2.45 bits per heavy atom. The maximum absolute atomic E-state index is 12.2. The number of benzene rings is 1. The first-order valence-electron chi connectivity index (χ1n) is 9.08. The largest absolute Gasteiger partial charge is 0.523 e. The van der Waals surface area contributed by atoms with Gasteiger partial charge < -0.3 is 14.2 Å². The van der Waals surface area contributed by atoms with Crippen LogP contribution in [0.5, 0.6) is 0 Å². The second kappa shape index (κ2) is 8.58. The third-order valence-corrected chi connectivity index (χ3v) is 5.96. The van der Waals surface area contributed by atoms with Crippen LogP contribution in [-0.2, 0) is 39.7 Å². The average Bonchev–Trinajstić information content (AvgIpc) is 3.04. The summed E-state index contributed by atoms with van der Waals surface area (Å²) in [6.07, 6.45) is 2.17. The monoisotopic (exact) mass is 438 g/mol. The molecule has 11 heteroatoms. The Bertz CT molecular complexity index is 802. The smallest absolute Gasteiger partial charge is 0.437 e. The van der Waals surface area contributed by atoms with Crippen LogP contribution in [0.2, 0.25) is 0 Å². The average molecular weight is 438 g/mol. The second-order valence-electron chi connectivity index (χ2n) is 7.02. The Labute approximate surface area is 166 Å². The zero-order valence-electron chi connectivity index (χ0n) is 15.4. The molecular weight excluding hydrogens is 417 g/mol. The Hall–Kier alpha value is -1.69. The number of ether oxygens (including phenoxy) is 3. The fourth-order valence-corrected chi connectivity index (χ4v) is 3.79. The summed E-state index contributed by atoms with van der Waals surface area (Å²) < 4.78 is 78.2. The van der Waals surface area contributed by atoms with Crippen LogP contribution in [0, 0.1) is 5.92 Å². The Morgan fingerprint density at radius 1 is 1.17 bits per heavy atom. The lowest BCUT2D eigenvalue weighted by Crippen LogP contribution is -2.38. The molecule has 1 aromatic carbocycles. The molecule has 1 unspecified atom stereocenters. The molecule has 0 amide bonds. The third kappa shape index (κ3) is 5.47. The van der Waals surface area contributed by atoms with Gasteiger partial charge in [-0.3, -0.25) is 4.79 Å². The van der Waals surface area contributed by atoms with Gasteiger partial charge in [0.1, 0.15) is 0 Å². The van der Waals surface area contributed by atoms with Crippen LogP contribution in [0.4, 0.5) is 13.2 Å². The zero-order chi connectivity index (χ0) is 21.1. The van der Waals surface area contributed by atoms with Crippen LogP contribution in [0.1, 0.15) is 31.2 Å². The number of carbonyl (C=O) groups excluding carboxylic acids is 1. The summed E-state index contributed by atoms with van der Waals surface area (Å²) in [5.74, 6) is -2.17. The maximum Gasteiger partial charge on any atom is 0.523 e. The lowest BCUT2D eigenvalue weighted by atomic mass is 9.85. The van der Waals surface area contributed by atoms with Crippen LogP contribution in [-0.4, -0.2) is 45.2 Å². The van der Waals surface area contributed by atoms with E-state index in [-0.39, 0.29) is 6.10 Å². The van der Waals surface area contributed by atoms with Gasteiger partial charge in [-0.25, -0.2) is 4.18 Å². The first kappa shape index (κ1) is 22.0. The number of esters is 1. The molecule has 0 aromatic heterocycles. The fraction of sp³-hybridized carbons (Fsp3) is 0.611. The van der Waals surface area contributed by atoms with E-state index in [1.165, 1.54) is 0 Å². The van der Waals surface area contributed by atoms with Crippen LogP contribution in [0.15, 0.2) is 30.3 Å². The fourth-order valence-electron chi connectivity index (χ4n) is 3.48. The first-order chi connectivity index (χ1) is 13.6. The zero-order valence-corrected chi connectivity index (χ0v) is 16.2. The number of hydrogen-bond donors (Lipinski definition) is 0. The topological polar surface area (TPSA) is 88.1 Å². The number of rotatable bonds is 6. The predicted molar refractivity (Wildman–Crippen MR) is 92.7 cm³/mol. The summed E-state index contributed by atoms with van der Waals surface area (Å²) >= 11 is 0. The van der Waals surface area contributed by atoms with Crippen LogP contribution in [0.25, 0.3) is 0 Å². The van der Waals surface area contributed by atoms with E-state index < -0.39 is 40.1 Å². The summed E-state index contributed by atoms with van der Waals surface area (Å²) in [5, 5.41) is 0. The number of carbonyl (C=O) groups is 1. The standard InChI is InChI=1S/C18H21F3O7S/c19-18(20,21)29(23,24)27-12-25-16(22)14-6-8-17(9-7-14)26-11-15(28-17)10-13-4-2-1-3-5-13/h1-5,14-15H,6-12H2. The van der Waals surface area contributed by atoms with E-state index in [0.29, 0.717) is 38.7 Å². The van der Waals surface area contributed by atoms with Gasteiger partial charge in [0.25, 0.3) is 0 Å². The highest BCUT2D eigenvalue weighted by Crippen LogP contribution is 2.41. The molecule has 1 aliphatic carbocycles. The van der Waals surface area contributed by atoms with Crippen molar-refractivity contribution in [1.29, 1.82) is 0 Å². The van der Waals surface area contributed by atoms with Crippen molar-refractivity contribution in [2.24, 2.45) is 5.92 Å². The molecule has 1 saturated heterocycles. The molecule has 0 radical (unpaired) electrons. The molecule has 2 fully saturated rings. The molecular formula is C18H21F3O7S. The highest BCUT2D eigenvalue weighted by Gasteiger charge is 2.48. The summed E-state index contributed by atoms with van der Waals surface area (Å²) in [7, 11) is -5.79. The number of alkyl halides is 3. The van der Waals surface area contributed by atoms with Gasteiger partial charge in [-0.1, -0.05) is 30.3 Å². The Kier molecular flexibility index (Phi) is 6.51. The maximum atomic E-state index is 12.2. The first-order valence-corrected chi connectivity index (χ1v) is 10.5. The van der Waals surface area contributed by atoms with Gasteiger partial charge in [-0.15, -0.1) is 0 Å². The van der Waals surface area contributed by atoms with Gasteiger partial charge >= 0.3 is 21.6 Å². The molecule has 1 atom stereocenters. The van der Waals surface area contributed by atoms with Crippen molar-refractivity contribution in [1.82, 2.24) is 0 Å². The van der Waals surface area contributed by atoms with Crippen molar-refractivity contribution in [3.05, 3.63) is 35.9 Å². The predicted octanol–water partition coefficient (Wildman–Crippen LogP) is 2.90. The van der Waals surface area contributed by atoms with Crippen molar-refractivity contribution >= 4 is 16.1 Å². The van der Waals surface area contributed by atoms with Crippen molar-refractivity contribution in [2.45, 2.75) is 49.5 Å². The van der Waals surface area contributed by atoms with E-state index >= 15 is 0 Å². The molecule has 1 heterocycles. The molecule has 7 nitrogen and oxygen atoms in total. The molecule has 1 aromatic rings. The second-order valence-corrected chi connectivity index (χ2v) is 8.63. The minimum Gasteiger partial charge on any atom is -0.437 e. The highest BCUT2D eigenvalue weighted by atomic mass is 32.2. The van der Waals surface area contributed by atoms with Gasteiger partial charge in [-0.2, -0.15) is 21.6 Å². The van der Waals surface area contributed by atoms with Crippen LogP contribution >= 0.6 is 0 Å². The van der Waals surface area contributed by atoms with Crippen LogP contribution in [0.3, 0.4) is 0 Å². The Balaban J connectivity index is 1.43. The normalized spacial score (nSPS) is 27.8. The van der Waals surface area contributed by atoms with Crippen molar-refractivity contribution in [2.75, 3.05) is 13.4 Å². The lowest BCUT2D eigenvalue weighted by Gasteiger charge is -2.34. The summed E-state index contributed by atoms with van der Waals surface area (Å²) in [6.45, 7) is -0.873. The molecule has 1 saturated carbocycles. The van der Waals surface area contributed by atoms with E-state index in [2.05, 4.69) is 8.92 Å². The van der Waals surface area contributed by atoms with E-state index in [9.17, 15) is 26.4 Å². The quantitative estimate of drug-likeness (QED) is 0.292. The summed E-state index contributed by atoms with van der Waals surface area (Å²) in [6, 6.07) is 9.83. The minimum atomic E-state index is -5.79. The van der Waals surface area contributed by atoms with E-state index in [4.69, 9.17) is 9.47 Å². The van der Waals surface area contributed by atoms with Gasteiger partial charge in [0, 0.05) is 19.3 Å². The molecule has 0 bridgehead atoms. The summed E-state index contributed by atoms with van der Waals surface area (Å²) in [4.78, 5) is 12.0. The van der Waals surface area contributed by atoms with Crippen molar-refractivity contribution in [3.8, 4) is 0 Å². The molecule has 3 rings (SSSR count). The van der Waals surface area contributed by atoms with E-state index in [1.54, 1.807) is 0 Å². The molecule has 162 valence electrons. The van der Waals surface area contributed by atoms with E-state index in [1.807, 2.05) is 30.3 Å².